The average Bonchev–Trinajstić information content (AvgIpc) is 2.40. The van der Waals surface area contributed by atoms with Crippen molar-refractivity contribution in [3.63, 3.8) is 0 Å². The number of benzene rings is 2. The molecule has 1 aromatic heterocycles. The van der Waals surface area contributed by atoms with Crippen LogP contribution in [0.15, 0.2) is 71.0 Å². The molecule has 0 bridgehead atoms. The van der Waals surface area contributed by atoms with Gasteiger partial charge in [-0.1, -0.05) is 30.3 Å². The van der Waals surface area contributed by atoms with Gasteiger partial charge in [0.15, 0.2) is 5.16 Å². The van der Waals surface area contributed by atoms with E-state index in [2.05, 4.69) is 52.4 Å². The summed E-state index contributed by atoms with van der Waals surface area (Å²) < 4.78 is 0. The molecule has 0 N–H and O–H groups in total. The van der Waals surface area contributed by atoms with E-state index in [1.54, 1.807) is 24.2 Å². The highest BCUT2D eigenvalue weighted by Gasteiger charge is 2.00. The molecular formula is C14H10N2S. The molecule has 17 heavy (non-hydrogen) atoms. The lowest BCUT2D eigenvalue weighted by atomic mass is 10.1. The quantitative estimate of drug-likeness (QED) is 0.635. The van der Waals surface area contributed by atoms with Gasteiger partial charge in [-0.25, -0.2) is 9.97 Å². The molecule has 0 atom stereocenters. The molecule has 0 aliphatic carbocycles. The maximum atomic E-state index is 4.21. The monoisotopic (exact) mass is 238 g/mol. The van der Waals surface area contributed by atoms with Gasteiger partial charge in [0.1, 0.15) is 0 Å². The Morgan fingerprint density at radius 2 is 1.53 bits per heavy atom. The summed E-state index contributed by atoms with van der Waals surface area (Å²) in [6.07, 6.45) is 3.52. The fraction of sp³-hybridized carbons (Fsp3) is 0. The molecule has 1 heterocycles. The van der Waals surface area contributed by atoms with Gasteiger partial charge in [0.05, 0.1) is 0 Å². The van der Waals surface area contributed by atoms with Gasteiger partial charge in [-0.2, -0.15) is 0 Å². The largest absolute Gasteiger partial charge is 0.231 e. The van der Waals surface area contributed by atoms with E-state index in [1.807, 2.05) is 6.07 Å². The normalized spacial score (nSPS) is 10.6. The zero-order valence-corrected chi connectivity index (χ0v) is 9.89. The molecule has 0 fully saturated rings. The van der Waals surface area contributed by atoms with E-state index < -0.39 is 0 Å². The summed E-state index contributed by atoms with van der Waals surface area (Å²) in [7, 11) is 0. The Morgan fingerprint density at radius 3 is 2.35 bits per heavy atom. The van der Waals surface area contributed by atoms with Crippen LogP contribution in [0.3, 0.4) is 0 Å². The first kappa shape index (κ1) is 10.3. The molecule has 0 saturated carbocycles. The topological polar surface area (TPSA) is 25.8 Å². The zero-order chi connectivity index (χ0) is 11.5. The summed E-state index contributed by atoms with van der Waals surface area (Å²) in [5.41, 5.74) is 0. The van der Waals surface area contributed by atoms with Crippen LogP contribution in [0, 0.1) is 0 Å². The molecule has 0 radical (unpaired) electrons. The first-order valence-electron chi connectivity index (χ1n) is 5.35. The molecule has 0 spiro atoms. The fourth-order valence-corrected chi connectivity index (χ4v) is 2.43. The molecule has 0 unspecified atom stereocenters. The number of fused-ring (bicyclic) bond motifs is 1. The molecular weight excluding hydrogens is 228 g/mol. The van der Waals surface area contributed by atoms with Crippen molar-refractivity contribution in [1.29, 1.82) is 0 Å². The molecule has 3 heteroatoms. The van der Waals surface area contributed by atoms with Crippen molar-refractivity contribution in [1.82, 2.24) is 9.97 Å². The van der Waals surface area contributed by atoms with Crippen molar-refractivity contribution >= 4 is 22.5 Å². The predicted molar refractivity (Wildman–Crippen MR) is 70.1 cm³/mol. The smallest absolute Gasteiger partial charge is 0.192 e. The van der Waals surface area contributed by atoms with Gasteiger partial charge >= 0.3 is 0 Å². The van der Waals surface area contributed by atoms with Crippen molar-refractivity contribution in [2.75, 3.05) is 0 Å². The third-order valence-corrected chi connectivity index (χ3v) is 3.36. The molecule has 0 aliphatic heterocycles. The summed E-state index contributed by atoms with van der Waals surface area (Å²) in [5.74, 6) is 0. The van der Waals surface area contributed by atoms with E-state index >= 15 is 0 Å². The number of nitrogens with zero attached hydrogens (tertiary/aromatic N) is 2. The summed E-state index contributed by atoms with van der Waals surface area (Å²) in [4.78, 5) is 9.57. The van der Waals surface area contributed by atoms with E-state index in [0.29, 0.717) is 0 Å². The molecule has 3 aromatic rings. The number of rotatable bonds is 2. The van der Waals surface area contributed by atoms with E-state index in [1.165, 1.54) is 10.8 Å². The molecule has 82 valence electrons. The Kier molecular flexibility index (Phi) is 2.76. The summed E-state index contributed by atoms with van der Waals surface area (Å²) >= 11 is 1.58. The Morgan fingerprint density at radius 1 is 0.765 bits per heavy atom. The van der Waals surface area contributed by atoms with Crippen molar-refractivity contribution < 1.29 is 0 Å². The Labute approximate surface area is 104 Å². The fourth-order valence-electron chi connectivity index (χ4n) is 1.67. The van der Waals surface area contributed by atoms with Crippen LogP contribution in [0.2, 0.25) is 0 Å². The van der Waals surface area contributed by atoms with Crippen molar-refractivity contribution in [3.8, 4) is 0 Å². The summed E-state index contributed by atoms with van der Waals surface area (Å²) in [6, 6.07) is 16.5. The van der Waals surface area contributed by atoms with Crippen LogP contribution >= 0.6 is 11.8 Å². The molecule has 0 amide bonds. The van der Waals surface area contributed by atoms with Crippen LogP contribution in [0.1, 0.15) is 0 Å². The first-order valence-corrected chi connectivity index (χ1v) is 6.17. The molecule has 2 nitrogen and oxygen atoms in total. The van der Waals surface area contributed by atoms with Gasteiger partial charge in [0.2, 0.25) is 0 Å². The van der Waals surface area contributed by atoms with E-state index in [4.69, 9.17) is 0 Å². The summed E-state index contributed by atoms with van der Waals surface area (Å²) in [5, 5.41) is 3.28. The van der Waals surface area contributed by atoms with Crippen molar-refractivity contribution in [2.24, 2.45) is 0 Å². The highest BCUT2D eigenvalue weighted by molar-refractivity contribution is 7.99. The van der Waals surface area contributed by atoms with Crippen LogP contribution in [-0.2, 0) is 0 Å². The number of hydrogen-bond acceptors (Lipinski definition) is 3. The van der Waals surface area contributed by atoms with Crippen molar-refractivity contribution in [3.05, 3.63) is 60.9 Å². The lowest BCUT2D eigenvalue weighted by Gasteiger charge is -2.02. The Hall–Kier alpha value is -1.87. The highest BCUT2D eigenvalue weighted by Crippen LogP contribution is 2.27. The number of aromatic nitrogens is 2. The second-order valence-corrected chi connectivity index (χ2v) is 4.68. The zero-order valence-electron chi connectivity index (χ0n) is 9.08. The molecule has 2 aromatic carbocycles. The lowest BCUT2D eigenvalue weighted by Crippen LogP contribution is -1.83. The SMILES string of the molecule is c1cnc(Sc2ccc3ccccc3c2)nc1. The maximum Gasteiger partial charge on any atom is 0.192 e. The van der Waals surface area contributed by atoms with Gasteiger partial charge in [0, 0.05) is 17.3 Å². The molecule has 0 aliphatic rings. The molecule has 3 rings (SSSR count). The van der Waals surface area contributed by atoms with Gasteiger partial charge in [0.25, 0.3) is 0 Å². The third kappa shape index (κ3) is 2.29. The minimum atomic E-state index is 0.780. The van der Waals surface area contributed by atoms with Crippen LogP contribution in [0.4, 0.5) is 0 Å². The minimum Gasteiger partial charge on any atom is -0.231 e. The van der Waals surface area contributed by atoms with E-state index in [0.717, 1.165) is 10.1 Å². The van der Waals surface area contributed by atoms with Gasteiger partial charge < -0.3 is 0 Å². The lowest BCUT2D eigenvalue weighted by molar-refractivity contribution is 0.967. The highest BCUT2D eigenvalue weighted by atomic mass is 32.2. The average molecular weight is 238 g/mol. The number of hydrogen-bond donors (Lipinski definition) is 0. The van der Waals surface area contributed by atoms with E-state index in [-0.39, 0.29) is 0 Å². The van der Waals surface area contributed by atoms with Crippen LogP contribution in [0.25, 0.3) is 10.8 Å². The van der Waals surface area contributed by atoms with Crippen LogP contribution < -0.4 is 0 Å². The Bertz CT molecular complexity index is 638. The van der Waals surface area contributed by atoms with Crippen LogP contribution in [-0.4, -0.2) is 9.97 Å². The van der Waals surface area contributed by atoms with E-state index in [9.17, 15) is 0 Å². The minimum absolute atomic E-state index is 0.780. The van der Waals surface area contributed by atoms with Gasteiger partial charge in [-0.05, 0) is 40.7 Å². The standard InChI is InChI=1S/C14H10N2S/c1-2-5-12-10-13(7-6-11(12)4-1)17-14-15-8-3-9-16-14/h1-10H. The van der Waals surface area contributed by atoms with Gasteiger partial charge in [-0.3, -0.25) is 0 Å². The van der Waals surface area contributed by atoms with Crippen molar-refractivity contribution in [2.45, 2.75) is 10.1 Å². The maximum absolute atomic E-state index is 4.21. The van der Waals surface area contributed by atoms with Gasteiger partial charge in [-0.15, -0.1) is 0 Å². The predicted octanol–water partition coefficient (Wildman–Crippen LogP) is 3.78. The third-order valence-electron chi connectivity index (χ3n) is 2.47. The second kappa shape index (κ2) is 4.55. The first-order chi connectivity index (χ1) is 8.42. The molecule has 0 saturated heterocycles. The van der Waals surface area contributed by atoms with Crippen LogP contribution in [0.5, 0.6) is 0 Å². The Balaban J connectivity index is 1.96. The summed E-state index contributed by atoms with van der Waals surface area (Å²) in [6.45, 7) is 0. The second-order valence-electron chi connectivity index (χ2n) is 3.64.